The number of phenols is 1. The fraction of sp³-hybridized carbons (Fsp3) is 0.300. The number of benzene rings is 1. The Balaban J connectivity index is 2.64. The van der Waals surface area contributed by atoms with Crippen LogP contribution in [0.3, 0.4) is 0 Å². The molecule has 0 saturated carbocycles. The maximum Gasteiger partial charge on any atom is 0.120 e. The van der Waals surface area contributed by atoms with Crippen LogP contribution in [0.15, 0.2) is 22.7 Å². The van der Waals surface area contributed by atoms with E-state index in [9.17, 15) is 9.90 Å². The first kappa shape index (κ1) is 10.3. The molecule has 3 heteroatoms. The van der Waals surface area contributed by atoms with E-state index in [1.54, 1.807) is 12.1 Å². The summed E-state index contributed by atoms with van der Waals surface area (Å²) in [5, 5.41) is 9.20. The van der Waals surface area contributed by atoms with Crippen LogP contribution in [-0.4, -0.2) is 11.4 Å². The number of carbonyl (C=O) groups excluding carboxylic acids is 1. The maximum absolute atomic E-state index is 10.1. The van der Waals surface area contributed by atoms with Gasteiger partial charge in [0.25, 0.3) is 0 Å². The third-order valence-corrected chi connectivity index (χ3v) is 2.57. The molecule has 0 heterocycles. The molecule has 0 unspecified atom stereocenters. The predicted molar refractivity (Wildman–Crippen MR) is 54.8 cm³/mol. The van der Waals surface area contributed by atoms with Gasteiger partial charge in [-0.1, -0.05) is 15.9 Å². The molecule has 0 aliphatic rings. The van der Waals surface area contributed by atoms with Gasteiger partial charge < -0.3 is 9.90 Å². The summed E-state index contributed by atoms with van der Waals surface area (Å²) >= 11 is 3.38. The molecule has 1 aromatic rings. The number of unbranched alkanes of at least 4 members (excludes halogenated alkanes) is 1. The molecule has 0 spiro atoms. The molecule has 0 aliphatic carbocycles. The molecule has 1 aromatic carbocycles. The van der Waals surface area contributed by atoms with Gasteiger partial charge in [0.2, 0.25) is 0 Å². The van der Waals surface area contributed by atoms with E-state index < -0.39 is 0 Å². The second-order valence-corrected chi connectivity index (χ2v) is 3.69. The minimum absolute atomic E-state index is 0.268. The van der Waals surface area contributed by atoms with Crippen molar-refractivity contribution in [1.29, 1.82) is 0 Å². The van der Waals surface area contributed by atoms with E-state index in [0.717, 1.165) is 29.2 Å². The maximum atomic E-state index is 10.1. The molecule has 0 amide bonds. The van der Waals surface area contributed by atoms with Crippen LogP contribution in [0.1, 0.15) is 18.4 Å². The van der Waals surface area contributed by atoms with Crippen LogP contribution in [0.4, 0.5) is 0 Å². The molecule has 0 atom stereocenters. The summed E-state index contributed by atoms with van der Waals surface area (Å²) in [5.74, 6) is 0.268. The van der Waals surface area contributed by atoms with Crippen LogP contribution in [0.25, 0.3) is 0 Å². The van der Waals surface area contributed by atoms with Crippen molar-refractivity contribution in [2.75, 3.05) is 0 Å². The van der Waals surface area contributed by atoms with Crippen LogP contribution in [0, 0.1) is 0 Å². The lowest BCUT2D eigenvalue weighted by Gasteiger charge is -2.03. The van der Waals surface area contributed by atoms with E-state index in [1.165, 1.54) is 0 Å². The molecule has 13 heavy (non-hydrogen) atoms. The molecule has 0 radical (unpaired) electrons. The summed E-state index contributed by atoms with van der Waals surface area (Å²) in [5.41, 5.74) is 1.04. The van der Waals surface area contributed by atoms with Crippen molar-refractivity contribution in [3.8, 4) is 5.75 Å². The average Bonchev–Trinajstić information content (AvgIpc) is 2.11. The Labute approximate surface area is 85.7 Å². The summed E-state index contributed by atoms with van der Waals surface area (Å²) in [6.07, 6.45) is 3.12. The zero-order valence-corrected chi connectivity index (χ0v) is 8.75. The Kier molecular flexibility index (Phi) is 3.96. The Morgan fingerprint density at radius 1 is 1.46 bits per heavy atom. The number of aromatic hydroxyl groups is 1. The molecule has 0 saturated heterocycles. The van der Waals surface area contributed by atoms with Crippen LogP contribution in [0.5, 0.6) is 5.75 Å². The Morgan fingerprint density at radius 3 is 2.92 bits per heavy atom. The van der Waals surface area contributed by atoms with Gasteiger partial charge in [-0.2, -0.15) is 0 Å². The zero-order valence-electron chi connectivity index (χ0n) is 7.16. The van der Waals surface area contributed by atoms with Crippen molar-refractivity contribution >= 4 is 22.2 Å². The standard InChI is InChI=1S/C10H11BrO2/c11-10-5-4-9(13)7-8(10)3-1-2-6-12/h4-7,13H,1-3H2. The Hall–Kier alpha value is -0.830. The van der Waals surface area contributed by atoms with Crippen molar-refractivity contribution in [1.82, 2.24) is 0 Å². The lowest BCUT2D eigenvalue weighted by Crippen LogP contribution is -1.87. The molecule has 0 bridgehead atoms. The summed E-state index contributed by atoms with van der Waals surface area (Å²) in [4.78, 5) is 10.1. The topological polar surface area (TPSA) is 37.3 Å². The zero-order chi connectivity index (χ0) is 9.68. The molecular weight excluding hydrogens is 232 g/mol. The quantitative estimate of drug-likeness (QED) is 0.652. The van der Waals surface area contributed by atoms with Gasteiger partial charge >= 0.3 is 0 Å². The molecule has 2 nitrogen and oxygen atoms in total. The third kappa shape index (κ3) is 3.19. The second-order valence-electron chi connectivity index (χ2n) is 2.83. The molecule has 0 fully saturated rings. The summed E-state index contributed by atoms with van der Waals surface area (Å²) in [6, 6.07) is 5.16. The van der Waals surface area contributed by atoms with E-state index in [0.29, 0.717) is 6.42 Å². The Bertz CT molecular complexity index is 297. The van der Waals surface area contributed by atoms with E-state index in [2.05, 4.69) is 15.9 Å². The number of rotatable bonds is 4. The minimum Gasteiger partial charge on any atom is -0.508 e. The molecule has 1 rings (SSSR count). The molecule has 1 N–H and O–H groups in total. The SMILES string of the molecule is O=CCCCc1cc(O)ccc1Br. The van der Waals surface area contributed by atoms with Crippen LogP contribution in [0.2, 0.25) is 0 Å². The summed E-state index contributed by atoms with van der Waals surface area (Å²) in [7, 11) is 0. The van der Waals surface area contributed by atoms with Crippen molar-refractivity contribution in [2.24, 2.45) is 0 Å². The molecular formula is C10H11BrO2. The van der Waals surface area contributed by atoms with Crippen LogP contribution >= 0.6 is 15.9 Å². The van der Waals surface area contributed by atoms with Crippen molar-refractivity contribution in [2.45, 2.75) is 19.3 Å². The van der Waals surface area contributed by atoms with Gasteiger partial charge in [-0.05, 0) is 36.6 Å². The highest BCUT2D eigenvalue weighted by Gasteiger charge is 2.00. The third-order valence-electron chi connectivity index (χ3n) is 1.80. The van der Waals surface area contributed by atoms with Crippen LogP contribution in [-0.2, 0) is 11.2 Å². The fourth-order valence-corrected chi connectivity index (χ4v) is 1.57. The number of halogens is 1. The normalized spacial score (nSPS) is 9.92. The smallest absolute Gasteiger partial charge is 0.120 e. The lowest BCUT2D eigenvalue weighted by atomic mass is 10.1. The van der Waals surface area contributed by atoms with Crippen molar-refractivity contribution in [3.63, 3.8) is 0 Å². The molecule has 0 aliphatic heterocycles. The largest absolute Gasteiger partial charge is 0.508 e. The van der Waals surface area contributed by atoms with Crippen molar-refractivity contribution < 1.29 is 9.90 Å². The predicted octanol–water partition coefficient (Wildman–Crippen LogP) is 2.68. The first-order valence-corrected chi connectivity index (χ1v) is 4.94. The number of hydrogen-bond acceptors (Lipinski definition) is 2. The van der Waals surface area contributed by atoms with E-state index in [4.69, 9.17) is 0 Å². The van der Waals surface area contributed by atoms with Gasteiger partial charge in [0, 0.05) is 10.9 Å². The second kappa shape index (κ2) is 5.02. The highest BCUT2D eigenvalue weighted by Crippen LogP contribution is 2.22. The van der Waals surface area contributed by atoms with Gasteiger partial charge in [0.15, 0.2) is 0 Å². The highest BCUT2D eigenvalue weighted by atomic mass is 79.9. The first-order chi connectivity index (χ1) is 6.24. The minimum atomic E-state index is 0.268. The van der Waals surface area contributed by atoms with E-state index >= 15 is 0 Å². The number of hydrogen-bond donors (Lipinski definition) is 1. The first-order valence-electron chi connectivity index (χ1n) is 4.15. The summed E-state index contributed by atoms with van der Waals surface area (Å²) in [6.45, 7) is 0. The molecule has 70 valence electrons. The fourth-order valence-electron chi connectivity index (χ4n) is 1.13. The number of aldehydes is 1. The van der Waals surface area contributed by atoms with E-state index in [-0.39, 0.29) is 5.75 Å². The van der Waals surface area contributed by atoms with Gasteiger partial charge in [-0.25, -0.2) is 0 Å². The van der Waals surface area contributed by atoms with Gasteiger partial charge in [-0.15, -0.1) is 0 Å². The van der Waals surface area contributed by atoms with Gasteiger partial charge in [-0.3, -0.25) is 0 Å². The van der Waals surface area contributed by atoms with Crippen molar-refractivity contribution in [3.05, 3.63) is 28.2 Å². The van der Waals surface area contributed by atoms with Gasteiger partial charge in [0.05, 0.1) is 0 Å². The monoisotopic (exact) mass is 242 g/mol. The van der Waals surface area contributed by atoms with E-state index in [1.807, 2.05) is 6.07 Å². The number of phenolic OH excluding ortho intramolecular Hbond substituents is 1. The summed E-state index contributed by atoms with van der Waals surface area (Å²) < 4.78 is 0.983. The average molecular weight is 243 g/mol. The molecule has 0 aromatic heterocycles. The number of aryl methyl sites for hydroxylation is 1. The highest BCUT2D eigenvalue weighted by molar-refractivity contribution is 9.10. The van der Waals surface area contributed by atoms with Crippen LogP contribution < -0.4 is 0 Å². The van der Waals surface area contributed by atoms with Gasteiger partial charge in [0.1, 0.15) is 12.0 Å². The lowest BCUT2D eigenvalue weighted by molar-refractivity contribution is -0.107. The Morgan fingerprint density at radius 2 is 2.23 bits per heavy atom. The number of carbonyl (C=O) groups is 1.